The quantitative estimate of drug-likeness (QED) is 0.162. The molecule has 8 aromatic rings. The van der Waals surface area contributed by atoms with Crippen LogP contribution in [0.15, 0.2) is 132 Å². The maximum Gasteiger partial charge on any atom is 0.128 e. The fourth-order valence-corrected chi connectivity index (χ4v) is 6.12. The second-order valence-corrected chi connectivity index (χ2v) is 14.7. The Morgan fingerprint density at radius 2 is 1.35 bits per heavy atom. The predicted octanol–water partition coefficient (Wildman–Crippen LogP) is 12.4. The van der Waals surface area contributed by atoms with Crippen LogP contribution in [0.25, 0.3) is 66.4 Å². The van der Waals surface area contributed by atoms with Gasteiger partial charge in [0.1, 0.15) is 5.58 Å². The molecule has 5 heteroatoms. The van der Waals surface area contributed by atoms with Gasteiger partial charge in [-0.05, 0) is 69.9 Å². The van der Waals surface area contributed by atoms with Crippen molar-refractivity contribution in [2.24, 2.45) is 10.8 Å². The summed E-state index contributed by atoms with van der Waals surface area (Å²) in [6.07, 6.45) is 4.16. The van der Waals surface area contributed by atoms with E-state index in [1.165, 1.54) is 0 Å². The van der Waals surface area contributed by atoms with Gasteiger partial charge in [0.2, 0.25) is 0 Å². The molecule has 0 saturated carbocycles. The van der Waals surface area contributed by atoms with Gasteiger partial charge in [-0.1, -0.05) is 107 Å². The number of hydrogen-bond donors (Lipinski definition) is 0. The molecule has 0 amide bonds. The molecule has 0 aliphatic carbocycles. The maximum atomic E-state index is 8.62. The fourth-order valence-electron chi connectivity index (χ4n) is 6.12. The van der Waals surface area contributed by atoms with Crippen molar-refractivity contribution >= 4 is 32.7 Å². The molecule has 4 heterocycles. The van der Waals surface area contributed by atoms with Crippen molar-refractivity contribution in [3.8, 4) is 33.6 Å². The van der Waals surface area contributed by atoms with Crippen LogP contribution in [0.3, 0.4) is 0 Å². The van der Waals surface area contributed by atoms with Gasteiger partial charge in [-0.3, -0.25) is 4.98 Å². The summed E-state index contributed by atoms with van der Waals surface area (Å²) in [4.78, 5) is 13.2. The summed E-state index contributed by atoms with van der Waals surface area (Å²) in [6.45, 7) is 11.5. The molecule has 4 aromatic carbocycles. The van der Waals surface area contributed by atoms with E-state index in [9.17, 15) is 0 Å². The van der Waals surface area contributed by atoms with Crippen molar-refractivity contribution in [1.82, 2.24) is 15.0 Å². The normalized spacial score (nSPS) is 13.3. The topological polar surface area (TPSA) is 51.8 Å². The Balaban J connectivity index is 0.000000190. The van der Waals surface area contributed by atoms with Crippen LogP contribution in [0.5, 0.6) is 0 Å². The minimum Gasteiger partial charge on any atom is -0.500 e. The molecule has 0 aliphatic rings. The molecule has 0 aliphatic heterocycles. The van der Waals surface area contributed by atoms with Crippen LogP contribution >= 0.6 is 0 Å². The number of nitrogens with zero attached hydrogens (tertiary/aromatic N) is 3. The Morgan fingerprint density at radius 1 is 0.615 bits per heavy atom. The van der Waals surface area contributed by atoms with Crippen molar-refractivity contribution in [3.63, 3.8) is 0 Å². The number of pyridine rings is 3. The second kappa shape index (κ2) is 15.3. The van der Waals surface area contributed by atoms with Gasteiger partial charge in [-0.2, -0.15) is 0 Å². The van der Waals surface area contributed by atoms with E-state index < -0.39 is 23.6 Å². The molecule has 0 N–H and O–H groups in total. The maximum absolute atomic E-state index is 8.62. The third-order valence-corrected chi connectivity index (χ3v) is 8.23. The summed E-state index contributed by atoms with van der Waals surface area (Å²) in [5, 5.41) is 4.05. The third kappa shape index (κ3) is 8.56. The first-order chi connectivity index (χ1) is 26.1. The smallest absolute Gasteiger partial charge is 0.128 e. The van der Waals surface area contributed by atoms with Gasteiger partial charge in [0.25, 0.3) is 0 Å². The zero-order valence-corrected chi connectivity index (χ0v) is 32.6. The zero-order chi connectivity index (χ0) is 39.2. The predicted molar refractivity (Wildman–Crippen MR) is 211 cm³/mol. The molecule has 4 nitrogen and oxygen atoms in total. The van der Waals surface area contributed by atoms with Crippen LogP contribution in [0.1, 0.15) is 58.2 Å². The summed E-state index contributed by atoms with van der Waals surface area (Å²) in [5.74, 6) is 0. The average molecular weight is 862 g/mol. The molecule has 0 spiro atoms. The first-order valence-corrected chi connectivity index (χ1v) is 17.2. The molecule has 263 valence electrons. The number of aromatic nitrogens is 3. The molecule has 0 fully saturated rings. The Morgan fingerprint density at radius 3 is 2.10 bits per heavy atom. The van der Waals surface area contributed by atoms with Crippen molar-refractivity contribution in [2.45, 2.75) is 54.3 Å². The van der Waals surface area contributed by atoms with E-state index in [0.717, 1.165) is 55.1 Å². The summed E-state index contributed by atoms with van der Waals surface area (Å²) in [7, 11) is 0. The van der Waals surface area contributed by atoms with Crippen LogP contribution in [0.2, 0.25) is 0 Å². The largest absolute Gasteiger partial charge is 0.500 e. The van der Waals surface area contributed by atoms with E-state index in [1.54, 1.807) is 24.7 Å². The van der Waals surface area contributed by atoms with E-state index in [0.29, 0.717) is 22.4 Å². The summed E-state index contributed by atoms with van der Waals surface area (Å²) in [5.41, 5.74) is 7.15. The molecule has 8 rings (SSSR count). The van der Waals surface area contributed by atoms with Crippen LogP contribution in [-0.2, 0) is 32.9 Å². The van der Waals surface area contributed by atoms with Crippen LogP contribution in [0.4, 0.5) is 0 Å². The van der Waals surface area contributed by atoms with Crippen LogP contribution in [0, 0.1) is 23.0 Å². The van der Waals surface area contributed by atoms with Gasteiger partial charge in [-0.25, -0.2) is 0 Å². The SMILES string of the molecule is [2H]C([2H])(c1ccc(-c2ccnc(-c3[c-]cccc3)c2)cc1)C(C)(C)C.[2H]C([2H])(c1ccnc(-c2[c-]ccc3c2oc2c4ccncc4ccc32)c1)C(C)(C)C.[Ir]. The van der Waals surface area contributed by atoms with Gasteiger partial charge in [0.05, 0.1) is 5.58 Å². The summed E-state index contributed by atoms with van der Waals surface area (Å²) < 4.78 is 40.4. The van der Waals surface area contributed by atoms with Crippen LogP contribution < -0.4 is 0 Å². The molecule has 1 radical (unpaired) electrons. The minimum absolute atomic E-state index is 0. The zero-order valence-electron chi connectivity index (χ0n) is 34.2. The van der Waals surface area contributed by atoms with Crippen LogP contribution in [-0.4, -0.2) is 15.0 Å². The van der Waals surface area contributed by atoms with Crippen molar-refractivity contribution < 1.29 is 30.0 Å². The van der Waals surface area contributed by atoms with Gasteiger partial charge in [0.15, 0.2) is 0 Å². The van der Waals surface area contributed by atoms with Gasteiger partial charge in [0, 0.05) is 66.5 Å². The molecule has 4 aromatic heterocycles. The molecule has 0 unspecified atom stereocenters. The Hall–Kier alpha value is -4.96. The molecule has 52 heavy (non-hydrogen) atoms. The Bertz CT molecular complexity index is 2630. The number of fused-ring (bicyclic) bond motifs is 5. The van der Waals surface area contributed by atoms with Gasteiger partial charge >= 0.3 is 0 Å². The number of hydrogen-bond acceptors (Lipinski definition) is 4. The van der Waals surface area contributed by atoms with E-state index in [1.807, 2.05) is 139 Å². The molecule has 0 bridgehead atoms. The fraction of sp³-hybridized carbons (Fsp3) is 0.213. The average Bonchev–Trinajstić information content (AvgIpc) is 3.57. The Kier molecular flexibility index (Phi) is 9.36. The van der Waals surface area contributed by atoms with Gasteiger partial charge in [-0.15, -0.1) is 54.1 Å². The van der Waals surface area contributed by atoms with Gasteiger partial charge < -0.3 is 14.4 Å². The first-order valence-electron chi connectivity index (χ1n) is 19.2. The minimum atomic E-state index is -1.50. The summed E-state index contributed by atoms with van der Waals surface area (Å²) in [6, 6.07) is 39.5. The third-order valence-electron chi connectivity index (χ3n) is 8.23. The monoisotopic (exact) mass is 862 g/mol. The van der Waals surface area contributed by atoms with Crippen molar-refractivity contribution in [1.29, 1.82) is 0 Å². The number of benzene rings is 4. The van der Waals surface area contributed by atoms with Crippen molar-refractivity contribution in [3.05, 3.63) is 151 Å². The number of furan rings is 1. The molecule has 0 saturated heterocycles. The molecular weight excluding hydrogens is 815 g/mol. The van der Waals surface area contributed by atoms with E-state index >= 15 is 0 Å². The van der Waals surface area contributed by atoms with E-state index in [4.69, 9.17) is 9.90 Å². The number of rotatable bonds is 5. The van der Waals surface area contributed by atoms with E-state index in [-0.39, 0.29) is 20.1 Å². The second-order valence-electron chi connectivity index (χ2n) is 14.7. The first kappa shape index (κ1) is 31.7. The summed E-state index contributed by atoms with van der Waals surface area (Å²) >= 11 is 0. The Labute approximate surface area is 326 Å². The standard InChI is InChI=1S/C25H21N2O.C22H22N.Ir/c1-25(2,3)14-16-9-12-27-22(13-16)21-6-4-5-19-20-8-7-17-15-26-11-10-18(17)23(20)28-24(19)21;1-22(2,3)16-17-9-11-18(12-10-17)20-13-14-23-21(15-20)19-7-5-4-6-8-19;/h4-5,7-13,15H,14H2,1-3H3;4-7,9-15H,16H2,1-3H3;/q2*-1;/i14D2;16D2;. The molecular formula is C47H43IrN3O-2. The molecule has 0 atom stereocenters. The van der Waals surface area contributed by atoms with Crippen molar-refractivity contribution in [2.75, 3.05) is 0 Å². The van der Waals surface area contributed by atoms with E-state index in [2.05, 4.69) is 33.2 Å².